The van der Waals surface area contributed by atoms with Crippen molar-refractivity contribution in [2.24, 2.45) is 5.92 Å². The van der Waals surface area contributed by atoms with Crippen LogP contribution in [0.5, 0.6) is 0 Å². The highest BCUT2D eigenvalue weighted by Crippen LogP contribution is 2.27. The Bertz CT molecular complexity index is 499. The van der Waals surface area contributed by atoms with Crippen molar-refractivity contribution >= 4 is 11.7 Å². The molecular weight excluding hydrogens is 262 g/mol. The molecule has 116 valence electrons. The summed E-state index contributed by atoms with van der Waals surface area (Å²) in [6, 6.07) is 3.50. The summed E-state index contributed by atoms with van der Waals surface area (Å²) in [5.74, 6) is 1.15. The molecule has 4 nitrogen and oxygen atoms in total. The first-order valence-corrected chi connectivity index (χ1v) is 7.92. The molecule has 1 aromatic heterocycles. The van der Waals surface area contributed by atoms with E-state index in [2.05, 4.69) is 31.1 Å². The quantitative estimate of drug-likeness (QED) is 0.894. The number of nitrogens with two attached hydrogens (primary N) is 1. The van der Waals surface area contributed by atoms with Crippen molar-refractivity contribution in [3.63, 3.8) is 0 Å². The predicted octanol–water partition coefficient (Wildman–Crippen LogP) is 3.27. The average molecular weight is 289 g/mol. The number of pyridine rings is 1. The van der Waals surface area contributed by atoms with Gasteiger partial charge in [0.15, 0.2) is 0 Å². The number of anilines is 1. The molecule has 4 heteroatoms. The Morgan fingerprint density at radius 3 is 2.62 bits per heavy atom. The molecule has 1 saturated carbocycles. The summed E-state index contributed by atoms with van der Waals surface area (Å²) in [7, 11) is 0. The van der Waals surface area contributed by atoms with Gasteiger partial charge in [0.2, 0.25) is 0 Å². The summed E-state index contributed by atoms with van der Waals surface area (Å²) in [5.41, 5.74) is 7.17. The van der Waals surface area contributed by atoms with Crippen LogP contribution in [0.4, 0.5) is 5.82 Å². The summed E-state index contributed by atoms with van der Waals surface area (Å²) < 4.78 is 0. The van der Waals surface area contributed by atoms with Crippen molar-refractivity contribution in [3.8, 4) is 0 Å². The van der Waals surface area contributed by atoms with Gasteiger partial charge in [-0.2, -0.15) is 0 Å². The van der Waals surface area contributed by atoms with Crippen LogP contribution in [-0.2, 0) is 5.41 Å². The Morgan fingerprint density at radius 2 is 2.00 bits per heavy atom. The van der Waals surface area contributed by atoms with Gasteiger partial charge in [-0.15, -0.1) is 0 Å². The molecule has 2 rings (SSSR count). The zero-order valence-corrected chi connectivity index (χ0v) is 13.4. The first-order valence-electron chi connectivity index (χ1n) is 7.92. The molecule has 1 aromatic rings. The molecule has 1 aliphatic carbocycles. The van der Waals surface area contributed by atoms with Crippen molar-refractivity contribution < 1.29 is 4.79 Å². The topological polar surface area (TPSA) is 68.0 Å². The van der Waals surface area contributed by atoms with E-state index in [9.17, 15) is 4.79 Å². The van der Waals surface area contributed by atoms with E-state index in [-0.39, 0.29) is 11.3 Å². The third kappa shape index (κ3) is 4.45. The van der Waals surface area contributed by atoms with Crippen LogP contribution in [0.1, 0.15) is 68.9 Å². The highest BCUT2D eigenvalue weighted by atomic mass is 16.1. The first kappa shape index (κ1) is 15.8. The van der Waals surface area contributed by atoms with Crippen LogP contribution in [0.2, 0.25) is 0 Å². The molecule has 0 radical (unpaired) electrons. The molecule has 1 aliphatic rings. The monoisotopic (exact) mass is 289 g/mol. The Hall–Kier alpha value is -1.58. The van der Waals surface area contributed by atoms with E-state index in [0.29, 0.717) is 11.4 Å². The van der Waals surface area contributed by atoms with Crippen LogP contribution >= 0.6 is 0 Å². The Labute approximate surface area is 127 Å². The average Bonchev–Trinajstić information content (AvgIpc) is 2.90. The second-order valence-corrected chi connectivity index (χ2v) is 7.11. The highest BCUT2D eigenvalue weighted by molar-refractivity contribution is 5.94. The van der Waals surface area contributed by atoms with Crippen LogP contribution in [-0.4, -0.2) is 17.4 Å². The van der Waals surface area contributed by atoms with Crippen LogP contribution in [0.15, 0.2) is 12.1 Å². The van der Waals surface area contributed by atoms with Gasteiger partial charge in [-0.05, 0) is 24.5 Å². The van der Waals surface area contributed by atoms with Crippen molar-refractivity contribution in [3.05, 3.63) is 23.4 Å². The maximum Gasteiger partial charge on any atom is 0.251 e. The zero-order chi connectivity index (χ0) is 15.5. The largest absolute Gasteiger partial charge is 0.384 e. The molecule has 0 aromatic carbocycles. The van der Waals surface area contributed by atoms with Gasteiger partial charge in [-0.25, -0.2) is 4.98 Å². The van der Waals surface area contributed by atoms with E-state index in [1.54, 1.807) is 6.07 Å². The Kier molecular flexibility index (Phi) is 4.86. The molecule has 3 N–H and O–H groups in total. The smallest absolute Gasteiger partial charge is 0.251 e. The molecule has 21 heavy (non-hydrogen) atoms. The third-order valence-corrected chi connectivity index (χ3v) is 4.19. The fraction of sp³-hybridized carbons (Fsp3) is 0.647. The lowest BCUT2D eigenvalue weighted by atomic mass is 9.90. The number of hydrogen-bond donors (Lipinski definition) is 2. The fourth-order valence-electron chi connectivity index (χ4n) is 2.86. The fourth-order valence-corrected chi connectivity index (χ4v) is 2.86. The third-order valence-electron chi connectivity index (χ3n) is 4.19. The van der Waals surface area contributed by atoms with E-state index in [4.69, 9.17) is 5.73 Å². The van der Waals surface area contributed by atoms with Gasteiger partial charge >= 0.3 is 0 Å². The van der Waals surface area contributed by atoms with Crippen molar-refractivity contribution in [1.82, 2.24) is 10.3 Å². The standard InChI is InChI=1S/C17H27N3O/c1-17(2,3)14-10-13(11-15(18)20-14)16(21)19-9-8-12-6-4-5-7-12/h10-12H,4-9H2,1-3H3,(H2,18,20)(H,19,21). The minimum Gasteiger partial charge on any atom is -0.384 e. The van der Waals surface area contributed by atoms with Gasteiger partial charge in [0, 0.05) is 23.2 Å². The van der Waals surface area contributed by atoms with E-state index in [1.807, 2.05) is 6.07 Å². The lowest BCUT2D eigenvalue weighted by Gasteiger charge is -2.19. The van der Waals surface area contributed by atoms with Crippen LogP contribution in [0.3, 0.4) is 0 Å². The number of nitrogen functional groups attached to an aromatic ring is 1. The van der Waals surface area contributed by atoms with Gasteiger partial charge in [-0.3, -0.25) is 4.79 Å². The zero-order valence-electron chi connectivity index (χ0n) is 13.4. The SMILES string of the molecule is CC(C)(C)c1cc(C(=O)NCCC2CCCC2)cc(N)n1. The first-order chi connectivity index (χ1) is 9.86. The van der Waals surface area contributed by atoms with E-state index < -0.39 is 0 Å². The minimum absolute atomic E-state index is 0.0485. The molecule has 0 aliphatic heterocycles. The molecule has 0 bridgehead atoms. The second-order valence-electron chi connectivity index (χ2n) is 7.11. The summed E-state index contributed by atoms with van der Waals surface area (Å²) in [4.78, 5) is 16.6. The number of nitrogens with one attached hydrogen (secondary N) is 1. The van der Waals surface area contributed by atoms with Crippen LogP contribution in [0, 0.1) is 5.92 Å². The molecular formula is C17H27N3O. The molecule has 0 saturated heterocycles. The Balaban J connectivity index is 1.96. The number of amides is 1. The maximum atomic E-state index is 12.3. The van der Waals surface area contributed by atoms with Crippen LogP contribution in [0.25, 0.3) is 0 Å². The summed E-state index contributed by atoms with van der Waals surface area (Å²) in [6.45, 7) is 6.94. The lowest BCUT2D eigenvalue weighted by Crippen LogP contribution is -2.26. The summed E-state index contributed by atoms with van der Waals surface area (Å²) in [5, 5.41) is 3.01. The molecule has 1 amide bonds. The number of carbonyl (C=O) groups excluding carboxylic acids is 1. The van der Waals surface area contributed by atoms with Gasteiger partial charge in [0.25, 0.3) is 5.91 Å². The predicted molar refractivity (Wildman–Crippen MR) is 86.3 cm³/mol. The van der Waals surface area contributed by atoms with E-state index in [0.717, 1.165) is 24.6 Å². The molecule has 0 unspecified atom stereocenters. The summed E-state index contributed by atoms with van der Waals surface area (Å²) >= 11 is 0. The minimum atomic E-state index is -0.117. The van der Waals surface area contributed by atoms with Gasteiger partial charge in [-0.1, -0.05) is 46.5 Å². The second kappa shape index (κ2) is 6.46. The van der Waals surface area contributed by atoms with Crippen molar-refractivity contribution in [2.45, 2.75) is 58.3 Å². The van der Waals surface area contributed by atoms with Gasteiger partial charge in [0.05, 0.1) is 0 Å². The van der Waals surface area contributed by atoms with Crippen molar-refractivity contribution in [1.29, 1.82) is 0 Å². The lowest BCUT2D eigenvalue weighted by molar-refractivity contribution is 0.0951. The Morgan fingerprint density at radius 1 is 1.33 bits per heavy atom. The normalized spacial score (nSPS) is 16.1. The molecule has 0 atom stereocenters. The number of carbonyl (C=O) groups is 1. The maximum absolute atomic E-state index is 12.3. The highest BCUT2D eigenvalue weighted by Gasteiger charge is 2.19. The number of hydrogen-bond acceptors (Lipinski definition) is 3. The van der Waals surface area contributed by atoms with Crippen LogP contribution < -0.4 is 11.1 Å². The van der Waals surface area contributed by atoms with E-state index >= 15 is 0 Å². The van der Waals surface area contributed by atoms with Crippen molar-refractivity contribution in [2.75, 3.05) is 12.3 Å². The summed E-state index contributed by atoms with van der Waals surface area (Å²) in [6.07, 6.45) is 6.39. The van der Waals surface area contributed by atoms with Gasteiger partial charge in [0.1, 0.15) is 5.82 Å². The van der Waals surface area contributed by atoms with Gasteiger partial charge < -0.3 is 11.1 Å². The molecule has 1 fully saturated rings. The molecule has 1 heterocycles. The number of nitrogens with zero attached hydrogens (tertiary/aromatic N) is 1. The molecule has 0 spiro atoms. The number of aromatic nitrogens is 1. The number of rotatable bonds is 4. The van der Waals surface area contributed by atoms with E-state index in [1.165, 1.54) is 25.7 Å².